The Morgan fingerprint density at radius 2 is 1.94 bits per heavy atom. The Balaban J connectivity index is 2.33. The van der Waals surface area contributed by atoms with Crippen molar-refractivity contribution in [1.82, 2.24) is 9.97 Å². The summed E-state index contributed by atoms with van der Waals surface area (Å²) in [6.07, 6.45) is 4.57. The summed E-state index contributed by atoms with van der Waals surface area (Å²) in [7, 11) is 0. The summed E-state index contributed by atoms with van der Waals surface area (Å²) < 4.78 is 13.1. The number of nitrogens with one attached hydrogen (secondary N) is 1. The maximum absolute atomic E-state index is 13.1. The number of aromatic amines is 1. The van der Waals surface area contributed by atoms with Crippen molar-refractivity contribution in [3.8, 4) is 0 Å². The minimum atomic E-state index is -0.213. The zero-order chi connectivity index (χ0) is 12.3. The van der Waals surface area contributed by atoms with Gasteiger partial charge in [-0.3, -0.25) is 0 Å². The second kappa shape index (κ2) is 5.30. The van der Waals surface area contributed by atoms with Gasteiger partial charge in [0.15, 0.2) is 0 Å². The van der Waals surface area contributed by atoms with E-state index in [2.05, 4.69) is 23.8 Å². The monoisotopic (exact) mass is 234 g/mol. The average Bonchev–Trinajstić information content (AvgIpc) is 2.71. The molecule has 92 valence electrons. The number of benzene rings is 1. The van der Waals surface area contributed by atoms with Crippen molar-refractivity contribution < 1.29 is 4.39 Å². The predicted molar refractivity (Wildman–Crippen MR) is 68.6 cm³/mol. The van der Waals surface area contributed by atoms with E-state index in [1.807, 2.05) is 0 Å². The van der Waals surface area contributed by atoms with E-state index in [0.29, 0.717) is 5.92 Å². The number of halogens is 1. The van der Waals surface area contributed by atoms with Gasteiger partial charge in [0.1, 0.15) is 11.6 Å². The van der Waals surface area contributed by atoms with Crippen LogP contribution >= 0.6 is 0 Å². The Kier molecular flexibility index (Phi) is 3.77. The van der Waals surface area contributed by atoms with Gasteiger partial charge in [0, 0.05) is 5.92 Å². The Morgan fingerprint density at radius 3 is 2.59 bits per heavy atom. The number of nitrogens with zero attached hydrogens (tertiary/aromatic N) is 1. The molecule has 1 aromatic heterocycles. The number of fused-ring (bicyclic) bond motifs is 1. The van der Waals surface area contributed by atoms with E-state index >= 15 is 0 Å². The Hall–Kier alpha value is -1.38. The van der Waals surface area contributed by atoms with E-state index in [9.17, 15) is 4.39 Å². The lowest BCUT2D eigenvalue weighted by Gasteiger charge is -2.11. The molecule has 0 atom stereocenters. The normalized spacial score (nSPS) is 11.5. The van der Waals surface area contributed by atoms with Crippen LogP contribution in [0.5, 0.6) is 0 Å². The quantitative estimate of drug-likeness (QED) is 0.816. The van der Waals surface area contributed by atoms with Gasteiger partial charge < -0.3 is 4.98 Å². The van der Waals surface area contributed by atoms with Crippen LogP contribution in [0.1, 0.15) is 51.3 Å². The third-order valence-electron chi connectivity index (χ3n) is 3.12. The first-order chi connectivity index (χ1) is 8.24. The molecular weight excluding hydrogens is 215 g/mol. The molecule has 0 bridgehead atoms. The molecule has 0 aliphatic carbocycles. The molecule has 0 fully saturated rings. The molecule has 0 amide bonds. The number of aromatic nitrogens is 2. The van der Waals surface area contributed by atoms with E-state index in [4.69, 9.17) is 0 Å². The fraction of sp³-hybridized carbons (Fsp3) is 0.500. The SMILES string of the molecule is CCCC(CCC)c1nc2ccc(F)cc2[nH]1. The van der Waals surface area contributed by atoms with Gasteiger partial charge >= 0.3 is 0 Å². The van der Waals surface area contributed by atoms with Crippen LogP contribution < -0.4 is 0 Å². The fourth-order valence-electron chi connectivity index (χ4n) is 2.31. The second-order valence-electron chi connectivity index (χ2n) is 4.56. The van der Waals surface area contributed by atoms with Crippen LogP contribution in [-0.2, 0) is 0 Å². The van der Waals surface area contributed by atoms with E-state index in [-0.39, 0.29) is 5.82 Å². The van der Waals surface area contributed by atoms with Crippen LogP contribution in [0.15, 0.2) is 18.2 Å². The lowest BCUT2D eigenvalue weighted by Crippen LogP contribution is -2.00. The summed E-state index contributed by atoms with van der Waals surface area (Å²) in [6, 6.07) is 4.71. The fourth-order valence-corrected chi connectivity index (χ4v) is 2.31. The van der Waals surface area contributed by atoms with Crippen LogP contribution in [0.25, 0.3) is 11.0 Å². The highest BCUT2D eigenvalue weighted by Gasteiger charge is 2.14. The smallest absolute Gasteiger partial charge is 0.125 e. The summed E-state index contributed by atoms with van der Waals surface area (Å²) in [5.41, 5.74) is 1.66. The third-order valence-corrected chi connectivity index (χ3v) is 3.12. The maximum Gasteiger partial charge on any atom is 0.125 e. The molecule has 0 aliphatic rings. The summed E-state index contributed by atoms with van der Waals surface area (Å²) in [4.78, 5) is 7.82. The zero-order valence-electron chi connectivity index (χ0n) is 10.5. The molecule has 2 rings (SSSR count). The van der Waals surface area contributed by atoms with Crippen LogP contribution in [0.3, 0.4) is 0 Å². The van der Waals surface area contributed by atoms with Crippen molar-refractivity contribution in [2.75, 3.05) is 0 Å². The molecule has 0 aliphatic heterocycles. The molecule has 2 nitrogen and oxygen atoms in total. The highest BCUT2D eigenvalue weighted by Crippen LogP contribution is 2.26. The van der Waals surface area contributed by atoms with Crippen LogP contribution in [-0.4, -0.2) is 9.97 Å². The van der Waals surface area contributed by atoms with Gasteiger partial charge in [-0.05, 0) is 31.0 Å². The summed E-state index contributed by atoms with van der Waals surface area (Å²) in [6.45, 7) is 4.37. The largest absolute Gasteiger partial charge is 0.342 e. The van der Waals surface area contributed by atoms with Crippen LogP contribution in [0.4, 0.5) is 4.39 Å². The van der Waals surface area contributed by atoms with Crippen molar-refractivity contribution in [2.45, 2.75) is 45.4 Å². The van der Waals surface area contributed by atoms with E-state index in [1.54, 1.807) is 6.07 Å². The average molecular weight is 234 g/mol. The lowest BCUT2D eigenvalue weighted by atomic mass is 9.98. The van der Waals surface area contributed by atoms with Gasteiger partial charge in [0.05, 0.1) is 11.0 Å². The van der Waals surface area contributed by atoms with Crippen LogP contribution in [0, 0.1) is 5.82 Å². The molecule has 1 N–H and O–H groups in total. The second-order valence-corrected chi connectivity index (χ2v) is 4.56. The highest BCUT2D eigenvalue weighted by molar-refractivity contribution is 5.75. The predicted octanol–water partition coefficient (Wildman–Crippen LogP) is 4.39. The molecule has 1 aromatic carbocycles. The summed E-state index contributed by atoms with van der Waals surface area (Å²) >= 11 is 0. The molecule has 0 unspecified atom stereocenters. The zero-order valence-corrected chi connectivity index (χ0v) is 10.5. The molecule has 17 heavy (non-hydrogen) atoms. The third kappa shape index (κ3) is 2.65. The van der Waals surface area contributed by atoms with Gasteiger partial charge in [0.2, 0.25) is 0 Å². The number of hydrogen-bond donors (Lipinski definition) is 1. The Morgan fingerprint density at radius 1 is 1.24 bits per heavy atom. The molecule has 0 saturated carbocycles. The van der Waals surface area contributed by atoms with Crippen molar-refractivity contribution in [3.63, 3.8) is 0 Å². The maximum atomic E-state index is 13.1. The molecule has 0 saturated heterocycles. The molecule has 3 heteroatoms. The first kappa shape index (κ1) is 12.1. The lowest BCUT2D eigenvalue weighted by molar-refractivity contribution is 0.539. The van der Waals surface area contributed by atoms with Gasteiger partial charge in [-0.2, -0.15) is 0 Å². The number of imidazole rings is 1. The topological polar surface area (TPSA) is 28.7 Å². The van der Waals surface area contributed by atoms with E-state index < -0.39 is 0 Å². The minimum Gasteiger partial charge on any atom is -0.342 e. The Labute approximate surface area is 101 Å². The first-order valence-corrected chi connectivity index (χ1v) is 6.39. The number of rotatable bonds is 5. The van der Waals surface area contributed by atoms with Gasteiger partial charge in [-0.25, -0.2) is 9.37 Å². The summed E-state index contributed by atoms with van der Waals surface area (Å²) in [5, 5.41) is 0. The van der Waals surface area contributed by atoms with E-state index in [1.165, 1.54) is 12.1 Å². The van der Waals surface area contributed by atoms with Crippen molar-refractivity contribution in [3.05, 3.63) is 29.8 Å². The van der Waals surface area contributed by atoms with Gasteiger partial charge in [-0.15, -0.1) is 0 Å². The number of H-pyrrole nitrogens is 1. The van der Waals surface area contributed by atoms with E-state index in [0.717, 1.165) is 42.5 Å². The molecule has 2 aromatic rings. The first-order valence-electron chi connectivity index (χ1n) is 6.39. The minimum absolute atomic E-state index is 0.213. The molecule has 0 spiro atoms. The van der Waals surface area contributed by atoms with Crippen LogP contribution in [0.2, 0.25) is 0 Å². The summed E-state index contributed by atoms with van der Waals surface area (Å²) in [5.74, 6) is 1.27. The van der Waals surface area contributed by atoms with Gasteiger partial charge in [-0.1, -0.05) is 26.7 Å². The van der Waals surface area contributed by atoms with Gasteiger partial charge in [0.25, 0.3) is 0 Å². The highest BCUT2D eigenvalue weighted by atomic mass is 19.1. The molecule has 1 heterocycles. The number of hydrogen-bond acceptors (Lipinski definition) is 1. The van der Waals surface area contributed by atoms with Crippen molar-refractivity contribution in [1.29, 1.82) is 0 Å². The van der Waals surface area contributed by atoms with Crippen molar-refractivity contribution >= 4 is 11.0 Å². The molecular formula is C14H19FN2. The Bertz CT molecular complexity index is 484. The van der Waals surface area contributed by atoms with Crippen molar-refractivity contribution in [2.24, 2.45) is 0 Å². The standard InChI is InChI=1S/C14H19FN2/c1-3-5-10(6-4-2)14-16-12-8-7-11(15)9-13(12)17-14/h7-10H,3-6H2,1-2H3,(H,16,17). The molecule has 0 radical (unpaired) electrons.